The summed E-state index contributed by atoms with van der Waals surface area (Å²) in [7, 11) is 0. The zero-order valence-electron chi connectivity index (χ0n) is 34.5. The zero-order chi connectivity index (χ0) is 43.9. The molecule has 4 atom stereocenters. The van der Waals surface area contributed by atoms with Crippen LogP contribution in [0, 0.1) is 11.6 Å². The van der Waals surface area contributed by atoms with Crippen molar-refractivity contribution in [1.82, 2.24) is 9.97 Å². The number of carboxylic acids is 2. The molecule has 13 heteroatoms. The molecule has 8 rings (SSSR count). The Balaban J connectivity index is 0.000000206. The predicted octanol–water partition coefficient (Wildman–Crippen LogP) is 8.66. The van der Waals surface area contributed by atoms with E-state index in [2.05, 4.69) is 0 Å². The van der Waals surface area contributed by atoms with Crippen molar-refractivity contribution in [3.05, 3.63) is 143 Å². The van der Waals surface area contributed by atoms with Crippen molar-refractivity contribution >= 4 is 83.6 Å². The SMILES string of the molecule is O=C(O)C[C@H](O)C[C@H](O)/C=C/c1c(C2CC2)nc2ccccc2c1-c1ccc(F)cc1.O=C(O)C[C@H](O)C[C@H](O)/C=C/c1c(C2CC2)nc2ccccc2c1-c1ccc(F)cc1.[Ca]. The van der Waals surface area contributed by atoms with Gasteiger partial charge >= 0.3 is 11.9 Å². The van der Waals surface area contributed by atoms with Gasteiger partial charge < -0.3 is 30.6 Å². The molecule has 322 valence electrons. The number of nitrogens with zero attached hydrogens (tertiary/aromatic N) is 2. The molecule has 0 saturated heterocycles. The van der Waals surface area contributed by atoms with Crippen LogP contribution in [0.3, 0.4) is 0 Å². The van der Waals surface area contributed by atoms with Crippen LogP contribution >= 0.6 is 0 Å². The van der Waals surface area contributed by atoms with Crippen LogP contribution in [0.4, 0.5) is 8.78 Å². The number of aliphatic hydroxyl groups is 4. The molecule has 2 heterocycles. The molecule has 0 bridgehead atoms. The first-order valence-electron chi connectivity index (χ1n) is 20.7. The number of carboxylic acid groups (broad SMARTS) is 2. The third-order valence-electron chi connectivity index (χ3n) is 10.9. The minimum Gasteiger partial charge on any atom is -0.481 e. The van der Waals surface area contributed by atoms with Crippen LogP contribution in [0.1, 0.15) is 85.7 Å². The van der Waals surface area contributed by atoms with E-state index in [0.29, 0.717) is 11.8 Å². The summed E-state index contributed by atoms with van der Waals surface area (Å²) < 4.78 is 27.2. The van der Waals surface area contributed by atoms with Gasteiger partial charge in [-0.3, -0.25) is 19.6 Å². The van der Waals surface area contributed by atoms with Crippen molar-refractivity contribution in [1.29, 1.82) is 0 Å². The Bertz CT molecular complexity index is 2430. The molecule has 2 radical (unpaired) electrons. The fraction of sp³-hybridized carbons (Fsp3) is 0.280. The maximum atomic E-state index is 13.6. The third kappa shape index (κ3) is 12.6. The summed E-state index contributed by atoms with van der Waals surface area (Å²) in [6, 6.07) is 28.2. The van der Waals surface area contributed by atoms with Crippen molar-refractivity contribution in [3.8, 4) is 22.3 Å². The maximum absolute atomic E-state index is 13.6. The van der Waals surface area contributed by atoms with Gasteiger partial charge in [0.25, 0.3) is 0 Å². The van der Waals surface area contributed by atoms with E-state index in [0.717, 1.165) is 92.3 Å². The minimum absolute atomic E-state index is 0. The number of para-hydroxylation sites is 2. The number of pyridine rings is 2. The van der Waals surface area contributed by atoms with Gasteiger partial charge in [0.2, 0.25) is 0 Å². The molecular formula is C50H48CaF2N2O8. The molecule has 0 aliphatic heterocycles. The standard InChI is InChI=1S/2C25H24FNO4.Ca/c2*26-17-9-7-15(8-10-17)24-20-3-1-2-4-22(20)27-25(16-5-6-16)21(24)12-11-18(28)13-19(29)14-23(30)31;/h2*1-4,7-12,16,18-19,28-29H,5-6,13-14H2,(H,30,31);/b2*12-11+;/t2*18-,19-;/m11./s1. The topological polar surface area (TPSA) is 181 Å². The van der Waals surface area contributed by atoms with Crippen LogP contribution in [0.5, 0.6) is 0 Å². The molecular weight excluding hydrogens is 835 g/mol. The quantitative estimate of drug-likeness (QED) is 0.0515. The number of aliphatic carboxylic acids is 2. The molecule has 0 unspecified atom stereocenters. The molecule has 0 amide bonds. The van der Waals surface area contributed by atoms with Gasteiger partial charge in [0.05, 0.1) is 59.7 Å². The Morgan fingerprint density at radius 3 is 1.25 bits per heavy atom. The third-order valence-corrected chi connectivity index (χ3v) is 10.9. The summed E-state index contributed by atoms with van der Waals surface area (Å²) in [5, 5.41) is 59.8. The molecule has 2 fully saturated rings. The monoisotopic (exact) mass is 882 g/mol. The Kier molecular flexibility index (Phi) is 16.3. The number of benzene rings is 4. The summed E-state index contributed by atoms with van der Waals surface area (Å²) in [4.78, 5) is 31.3. The van der Waals surface area contributed by atoms with Gasteiger partial charge in [0.1, 0.15) is 11.6 Å². The number of fused-ring (bicyclic) bond motifs is 2. The summed E-state index contributed by atoms with van der Waals surface area (Å²) >= 11 is 0. The smallest absolute Gasteiger partial charge is 0.305 e. The number of rotatable bonds is 16. The fourth-order valence-corrected chi connectivity index (χ4v) is 7.72. The van der Waals surface area contributed by atoms with Crippen molar-refractivity contribution in [2.75, 3.05) is 0 Å². The van der Waals surface area contributed by atoms with Gasteiger partial charge in [-0.2, -0.15) is 0 Å². The molecule has 63 heavy (non-hydrogen) atoms. The van der Waals surface area contributed by atoms with Crippen molar-refractivity contribution < 1.29 is 49.0 Å². The van der Waals surface area contributed by atoms with E-state index in [1.807, 2.05) is 48.5 Å². The molecule has 6 aromatic rings. The van der Waals surface area contributed by atoms with Crippen LogP contribution in [0.15, 0.2) is 109 Å². The van der Waals surface area contributed by atoms with E-state index in [1.54, 1.807) is 48.6 Å². The van der Waals surface area contributed by atoms with Crippen molar-refractivity contribution in [2.24, 2.45) is 0 Å². The van der Waals surface area contributed by atoms with E-state index < -0.39 is 49.2 Å². The Labute approximate surface area is 393 Å². The van der Waals surface area contributed by atoms with Crippen LogP contribution in [0.2, 0.25) is 0 Å². The number of hydrogen-bond acceptors (Lipinski definition) is 8. The second-order valence-corrected chi connectivity index (χ2v) is 16.0. The molecule has 6 N–H and O–H groups in total. The van der Waals surface area contributed by atoms with Gasteiger partial charge in [-0.1, -0.05) is 85.0 Å². The average Bonchev–Trinajstić information content (AvgIpc) is 4.17. The number of carbonyl (C=O) groups is 2. The molecule has 10 nitrogen and oxygen atoms in total. The second-order valence-electron chi connectivity index (χ2n) is 16.0. The predicted molar refractivity (Wildman–Crippen MR) is 240 cm³/mol. The fourth-order valence-electron chi connectivity index (χ4n) is 7.72. The molecule has 2 aliphatic rings. The number of aliphatic hydroxyl groups excluding tert-OH is 4. The van der Waals surface area contributed by atoms with Gasteiger partial charge in [-0.25, -0.2) is 8.78 Å². The zero-order valence-corrected chi connectivity index (χ0v) is 36.7. The van der Waals surface area contributed by atoms with Gasteiger partial charge in [0, 0.05) is 95.4 Å². The minimum atomic E-state index is -1.13. The van der Waals surface area contributed by atoms with Crippen LogP contribution in [-0.2, 0) is 9.59 Å². The van der Waals surface area contributed by atoms with E-state index in [9.17, 15) is 38.8 Å². The Hall–Kier alpha value is -4.92. The average molecular weight is 883 g/mol. The van der Waals surface area contributed by atoms with Crippen LogP contribution < -0.4 is 0 Å². The Morgan fingerprint density at radius 1 is 0.571 bits per heavy atom. The van der Waals surface area contributed by atoms with Crippen LogP contribution in [0.25, 0.3) is 56.2 Å². The van der Waals surface area contributed by atoms with E-state index >= 15 is 0 Å². The van der Waals surface area contributed by atoms with Crippen molar-refractivity contribution in [2.45, 2.75) is 87.6 Å². The summed E-state index contributed by atoms with van der Waals surface area (Å²) in [6.07, 6.45) is 5.60. The first-order chi connectivity index (χ1) is 29.8. The second kappa shape index (κ2) is 21.6. The normalized spacial score (nSPS) is 15.7. The summed E-state index contributed by atoms with van der Waals surface area (Å²) in [6.45, 7) is 0. The number of halogens is 2. The van der Waals surface area contributed by atoms with Crippen molar-refractivity contribution in [3.63, 3.8) is 0 Å². The van der Waals surface area contributed by atoms with Gasteiger partial charge in [-0.15, -0.1) is 0 Å². The van der Waals surface area contributed by atoms with E-state index in [1.165, 1.54) is 24.3 Å². The first-order valence-corrected chi connectivity index (χ1v) is 20.7. The van der Waals surface area contributed by atoms with Crippen LogP contribution in [-0.4, -0.2) is 115 Å². The first kappa shape index (κ1) is 47.6. The number of hydrogen-bond donors (Lipinski definition) is 6. The molecule has 2 aliphatic carbocycles. The largest absolute Gasteiger partial charge is 0.481 e. The maximum Gasteiger partial charge on any atom is 0.305 e. The molecule has 0 spiro atoms. The molecule has 2 aromatic heterocycles. The Morgan fingerprint density at radius 2 is 0.921 bits per heavy atom. The number of aromatic nitrogens is 2. The summed E-state index contributed by atoms with van der Waals surface area (Å²) in [5.41, 5.74) is 8.85. The van der Waals surface area contributed by atoms with E-state index in [-0.39, 0.29) is 62.2 Å². The van der Waals surface area contributed by atoms with Gasteiger partial charge in [-0.05, 0) is 73.2 Å². The molecule has 4 aromatic carbocycles. The summed E-state index contributed by atoms with van der Waals surface area (Å²) in [5.74, 6) is -2.20. The molecule has 2 saturated carbocycles. The van der Waals surface area contributed by atoms with Gasteiger partial charge in [0.15, 0.2) is 0 Å². The van der Waals surface area contributed by atoms with E-state index in [4.69, 9.17) is 20.2 Å².